The monoisotopic (exact) mass is 290 g/mol. The van der Waals surface area contributed by atoms with E-state index in [0.717, 1.165) is 11.3 Å². The Morgan fingerprint density at radius 2 is 1.81 bits per heavy atom. The van der Waals surface area contributed by atoms with Gasteiger partial charge in [-0.15, -0.1) is 0 Å². The van der Waals surface area contributed by atoms with E-state index >= 15 is 0 Å². The predicted octanol–water partition coefficient (Wildman–Crippen LogP) is 2.09. The summed E-state index contributed by atoms with van der Waals surface area (Å²) in [5.74, 6) is -1.07. The first-order chi connectivity index (χ1) is 9.93. The Kier molecular flexibility index (Phi) is 6.46. The highest BCUT2D eigenvalue weighted by molar-refractivity contribution is 5.92. The van der Waals surface area contributed by atoms with E-state index in [4.69, 9.17) is 5.11 Å². The average molecular weight is 290 g/mol. The molecule has 0 aliphatic heterocycles. The molecule has 0 fully saturated rings. The molecule has 0 atom stereocenters. The topological polar surface area (TPSA) is 60.9 Å². The molecule has 1 N–H and O–H groups in total. The van der Waals surface area contributed by atoms with Gasteiger partial charge in [0.05, 0.1) is 6.42 Å². The highest BCUT2D eigenvalue weighted by Gasteiger charge is 2.09. The van der Waals surface area contributed by atoms with Crippen LogP contribution in [-0.4, -0.2) is 49.1 Å². The van der Waals surface area contributed by atoms with E-state index in [1.807, 2.05) is 50.2 Å². The fourth-order valence-electron chi connectivity index (χ4n) is 1.81. The number of likely N-dealkylation sites (N-methyl/N-ethyl adjacent to an activating group) is 1. The number of amides is 1. The van der Waals surface area contributed by atoms with Crippen molar-refractivity contribution >= 4 is 23.6 Å². The lowest BCUT2D eigenvalue weighted by Crippen LogP contribution is -2.31. The molecule has 0 saturated heterocycles. The Morgan fingerprint density at radius 3 is 2.29 bits per heavy atom. The van der Waals surface area contributed by atoms with Crippen LogP contribution in [-0.2, 0) is 9.59 Å². The molecule has 0 saturated carbocycles. The first-order valence-corrected chi connectivity index (χ1v) is 6.90. The van der Waals surface area contributed by atoms with Crippen molar-refractivity contribution in [2.45, 2.75) is 13.3 Å². The van der Waals surface area contributed by atoms with Crippen molar-refractivity contribution in [2.24, 2.45) is 0 Å². The number of carbonyl (C=O) groups is 2. The van der Waals surface area contributed by atoms with Crippen LogP contribution in [0.15, 0.2) is 30.3 Å². The number of rotatable bonds is 7. The quantitative estimate of drug-likeness (QED) is 0.781. The lowest BCUT2D eigenvalue weighted by atomic mass is 10.2. The summed E-state index contributed by atoms with van der Waals surface area (Å²) in [6.45, 7) is 2.56. The molecule has 21 heavy (non-hydrogen) atoms. The van der Waals surface area contributed by atoms with Gasteiger partial charge in [-0.3, -0.25) is 9.59 Å². The van der Waals surface area contributed by atoms with Gasteiger partial charge in [-0.05, 0) is 30.7 Å². The van der Waals surface area contributed by atoms with Crippen molar-refractivity contribution in [3.63, 3.8) is 0 Å². The van der Waals surface area contributed by atoms with E-state index in [2.05, 4.69) is 0 Å². The van der Waals surface area contributed by atoms with Gasteiger partial charge in [0.1, 0.15) is 0 Å². The van der Waals surface area contributed by atoms with Gasteiger partial charge >= 0.3 is 5.97 Å². The van der Waals surface area contributed by atoms with Gasteiger partial charge in [0.25, 0.3) is 0 Å². The molecule has 0 aliphatic carbocycles. The smallest absolute Gasteiger partial charge is 0.305 e. The maximum absolute atomic E-state index is 12.0. The fourth-order valence-corrected chi connectivity index (χ4v) is 1.81. The molecular formula is C16H22N2O3. The van der Waals surface area contributed by atoms with E-state index in [0.29, 0.717) is 6.54 Å². The van der Waals surface area contributed by atoms with Crippen molar-refractivity contribution in [2.75, 3.05) is 32.1 Å². The lowest BCUT2D eigenvalue weighted by molar-refractivity contribution is -0.137. The summed E-state index contributed by atoms with van der Waals surface area (Å²) in [6, 6.07) is 7.83. The van der Waals surface area contributed by atoms with E-state index in [-0.39, 0.29) is 18.9 Å². The summed E-state index contributed by atoms with van der Waals surface area (Å²) in [5.41, 5.74) is 2.03. The van der Waals surface area contributed by atoms with Crippen LogP contribution in [0.3, 0.4) is 0 Å². The van der Waals surface area contributed by atoms with Crippen molar-refractivity contribution < 1.29 is 14.7 Å². The number of nitrogens with zero attached hydrogens (tertiary/aromatic N) is 2. The van der Waals surface area contributed by atoms with Crippen molar-refractivity contribution in [1.29, 1.82) is 0 Å². The minimum atomic E-state index is -0.899. The summed E-state index contributed by atoms with van der Waals surface area (Å²) >= 11 is 0. The Bertz CT molecular complexity index is 507. The molecule has 0 radical (unpaired) electrons. The summed E-state index contributed by atoms with van der Waals surface area (Å²) in [5, 5.41) is 8.66. The summed E-state index contributed by atoms with van der Waals surface area (Å²) in [4.78, 5) is 26.0. The van der Waals surface area contributed by atoms with Crippen LogP contribution in [0.25, 0.3) is 6.08 Å². The zero-order valence-electron chi connectivity index (χ0n) is 12.7. The number of aliphatic carboxylic acids is 1. The van der Waals surface area contributed by atoms with Crippen molar-refractivity contribution in [3.8, 4) is 0 Å². The van der Waals surface area contributed by atoms with Gasteiger partial charge in [-0.25, -0.2) is 0 Å². The van der Waals surface area contributed by atoms with Crippen LogP contribution >= 0.6 is 0 Å². The zero-order valence-corrected chi connectivity index (χ0v) is 12.7. The number of benzene rings is 1. The normalized spacial score (nSPS) is 10.6. The number of hydrogen-bond donors (Lipinski definition) is 1. The number of hydrogen-bond acceptors (Lipinski definition) is 3. The van der Waals surface area contributed by atoms with Crippen LogP contribution in [0.2, 0.25) is 0 Å². The Hall–Kier alpha value is -2.30. The minimum absolute atomic E-state index is 0.0368. The molecule has 0 aromatic heterocycles. The molecular weight excluding hydrogens is 268 g/mol. The zero-order chi connectivity index (χ0) is 15.8. The van der Waals surface area contributed by atoms with Gasteiger partial charge in [0.15, 0.2) is 0 Å². The molecule has 0 spiro atoms. The number of carboxylic acid groups (broad SMARTS) is 1. The molecule has 1 rings (SSSR count). The third kappa shape index (κ3) is 5.69. The van der Waals surface area contributed by atoms with Gasteiger partial charge in [-0.2, -0.15) is 0 Å². The number of carboxylic acids is 1. The largest absolute Gasteiger partial charge is 0.481 e. The number of anilines is 1. The van der Waals surface area contributed by atoms with E-state index in [9.17, 15) is 9.59 Å². The molecule has 114 valence electrons. The first-order valence-electron chi connectivity index (χ1n) is 6.90. The standard InChI is InChI=1S/C16H22N2O3/c1-4-18(12-11-16(20)21)15(19)10-7-13-5-8-14(9-6-13)17(2)3/h5-10H,4,11-12H2,1-3H3,(H,20,21)/b10-7+. The van der Waals surface area contributed by atoms with Crippen LogP contribution < -0.4 is 4.90 Å². The van der Waals surface area contributed by atoms with Crippen LogP contribution in [0.5, 0.6) is 0 Å². The summed E-state index contributed by atoms with van der Waals surface area (Å²) in [6.07, 6.45) is 3.19. The van der Waals surface area contributed by atoms with E-state index < -0.39 is 5.97 Å². The van der Waals surface area contributed by atoms with Gasteiger partial charge < -0.3 is 14.9 Å². The molecule has 0 heterocycles. The first kappa shape index (κ1) is 16.8. The van der Waals surface area contributed by atoms with Crippen molar-refractivity contribution in [3.05, 3.63) is 35.9 Å². The Balaban J connectivity index is 2.65. The van der Waals surface area contributed by atoms with Crippen LogP contribution in [0.1, 0.15) is 18.9 Å². The average Bonchev–Trinajstić information content (AvgIpc) is 2.45. The van der Waals surface area contributed by atoms with Crippen molar-refractivity contribution in [1.82, 2.24) is 4.90 Å². The molecule has 5 heteroatoms. The van der Waals surface area contributed by atoms with Gasteiger partial charge in [-0.1, -0.05) is 12.1 Å². The molecule has 1 aromatic carbocycles. The highest BCUT2D eigenvalue weighted by atomic mass is 16.4. The molecule has 0 unspecified atom stereocenters. The number of carbonyl (C=O) groups excluding carboxylic acids is 1. The second-order valence-corrected chi connectivity index (χ2v) is 4.88. The third-order valence-electron chi connectivity index (χ3n) is 3.12. The lowest BCUT2D eigenvalue weighted by Gasteiger charge is -2.17. The van der Waals surface area contributed by atoms with Gasteiger partial charge in [0.2, 0.25) is 5.91 Å². The second kappa shape index (κ2) is 8.09. The minimum Gasteiger partial charge on any atom is -0.481 e. The molecule has 0 bridgehead atoms. The third-order valence-corrected chi connectivity index (χ3v) is 3.12. The summed E-state index contributed by atoms with van der Waals surface area (Å²) < 4.78 is 0. The predicted molar refractivity (Wildman–Crippen MR) is 84.3 cm³/mol. The maximum Gasteiger partial charge on any atom is 0.305 e. The molecule has 0 aliphatic rings. The SMILES string of the molecule is CCN(CCC(=O)O)C(=O)/C=C/c1ccc(N(C)C)cc1. The fraction of sp³-hybridized carbons (Fsp3) is 0.375. The summed E-state index contributed by atoms with van der Waals surface area (Å²) in [7, 11) is 3.94. The van der Waals surface area contributed by atoms with E-state index in [1.54, 1.807) is 6.08 Å². The highest BCUT2D eigenvalue weighted by Crippen LogP contribution is 2.13. The molecule has 5 nitrogen and oxygen atoms in total. The van der Waals surface area contributed by atoms with Crippen LogP contribution in [0, 0.1) is 0 Å². The Morgan fingerprint density at radius 1 is 1.19 bits per heavy atom. The Labute approximate surface area is 125 Å². The second-order valence-electron chi connectivity index (χ2n) is 4.88. The maximum atomic E-state index is 12.0. The van der Waals surface area contributed by atoms with Crippen LogP contribution in [0.4, 0.5) is 5.69 Å². The van der Waals surface area contributed by atoms with Gasteiger partial charge in [0, 0.05) is 38.9 Å². The van der Waals surface area contributed by atoms with E-state index in [1.165, 1.54) is 11.0 Å². The molecule has 1 amide bonds. The molecule has 1 aromatic rings.